The minimum absolute atomic E-state index is 0.0150. The monoisotopic (exact) mass is 444 g/mol. The average Bonchev–Trinajstić information content (AvgIpc) is 3.27. The Bertz CT molecular complexity index is 1130. The molecule has 1 heterocycles. The van der Waals surface area contributed by atoms with Crippen LogP contribution in [0.1, 0.15) is 25.6 Å². The Hall–Kier alpha value is -3.56. The van der Waals surface area contributed by atoms with Crippen molar-refractivity contribution in [2.75, 3.05) is 11.9 Å². The van der Waals surface area contributed by atoms with Crippen molar-refractivity contribution in [1.29, 1.82) is 0 Å². The maximum Gasteiger partial charge on any atom is 0.339 e. The number of nitro benzene ring substituents is 1. The van der Waals surface area contributed by atoms with Gasteiger partial charge in [0.2, 0.25) is 5.78 Å². The van der Waals surface area contributed by atoms with Crippen LogP contribution in [-0.4, -0.2) is 29.2 Å². The smallest absolute Gasteiger partial charge is 0.339 e. The summed E-state index contributed by atoms with van der Waals surface area (Å²) in [4.78, 5) is 48.0. The van der Waals surface area contributed by atoms with Crippen molar-refractivity contribution in [3.8, 4) is 0 Å². The van der Waals surface area contributed by atoms with Crippen LogP contribution < -0.4 is 5.32 Å². The average molecular weight is 445 g/mol. The number of rotatable bonds is 7. The van der Waals surface area contributed by atoms with Crippen molar-refractivity contribution in [3.05, 3.63) is 91.1 Å². The van der Waals surface area contributed by atoms with E-state index in [-0.39, 0.29) is 27.6 Å². The Balaban J connectivity index is 1.69. The summed E-state index contributed by atoms with van der Waals surface area (Å²) in [5.41, 5.74) is -0.312. The Morgan fingerprint density at radius 3 is 2.47 bits per heavy atom. The molecule has 0 spiro atoms. The number of nitro groups is 1. The van der Waals surface area contributed by atoms with Crippen molar-refractivity contribution >= 4 is 52.0 Å². The van der Waals surface area contributed by atoms with Crippen molar-refractivity contribution in [3.63, 3.8) is 0 Å². The van der Waals surface area contributed by atoms with Crippen molar-refractivity contribution in [2.45, 2.75) is 0 Å². The van der Waals surface area contributed by atoms with Gasteiger partial charge in [0, 0.05) is 16.7 Å². The topological polar surface area (TPSA) is 116 Å². The summed E-state index contributed by atoms with van der Waals surface area (Å²) in [7, 11) is 0. The van der Waals surface area contributed by atoms with E-state index in [0.717, 1.165) is 6.07 Å². The standard InChI is InChI=1S/C20H13ClN2O6S/c21-12-7-8-15(16(10-12)23(27)28)22-18(24)11-29-20(26)14-5-2-1-4-13(14)19(25)17-6-3-9-30-17/h1-10H,11H2,(H,22,24). The molecule has 10 heteroatoms. The van der Waals surface area contributed by atoms with Crippen LogP contribution in [0.25, 0.3) is 0 Å². The van der Waals surface area contributed by atoms with E-state index >= 15 is 0 Å². The van der Waals surface area contributed by atoms with Crippen LogP contribution in [0.15, 0.2) is 60.0 Å². The fourth-order valence-corrected chi connectivity index (χ4v) is 3.40. The molecule has 0 aliphatic heterocycles. The molecule has 30 heavy (non-hydrogen) atoms. The highest BCUT2D eigenvalue weighted by molar-refractivity contribution is 7.12. The van der Waals surface area contributed by atoms with E-state index in [4.69, 9.17) is 16.3 Å². The molecule has 0 aliphatic carbocycles. The highest BCUT2D eigenvalue weighted by Crippen LogP contribution is 2.27. The summed E-state index contributed by atoms with van der Waals surface area (Å²) < 4.78 is 5.00. The molecule has 152 valence electrons. The van der Waals surface area contributed by atoms with E-state index in [1.54, 1.807) is 29.6 Å². The molecule has 1 N–H and O–H groups in total. The van der Waals surface area contributed by atoms with Gasteiger partial charge in [-0.3, -0.25) is 19.7 Å². The number of esters is 1. The van der Waals surface area contributed by atoms with Gasteiger partial charge in [-0.2, -0.15) is 0 Å². The van der Waals surface area contributed by atoms with E-state index in [9.17, 15) is 24.5 Å². The first-order valence-corrected chi connectivity index (χ1v) is 9.70. The third kappa shape index (κ3) is 4.88. The van der Waals surface area contributed by atoms with Crippen LogP contribution >= 0.6 is 22.9 Å². The molecule has 0 aliphatic rings. The van der Waals surface area contributed by atoms with Crippen LogP contribution in [0.5, 0.6) is 0 Å². The van der Waals surface area contributed by atoms with Gasteiger partial charge >= 0.3 is 5.97 Å². The Morgan fingerprint density at radius 1 is 1.07 bits per heavy atom. The quantitative estimate of drug-likeness (QED) is 0.251. The zero-order valence-corrected chi connectivity index (χ0v) is 16.7. The van der Waals surface area contributed by atoms with Crippen LogP contribution in [0.4, 0.5) is 11.4 Å². The number of ketones is 1. The Labute approximate surface area is 179 Å². The lowest BCUT2D eigenvalue weighted by Gasteiger charge is -2.09. The second kappa shape index (κ2) is 9.29. The van der Waals surface area contributed by atoms with Crippen LogP contribution in [0, 0.1) is 10.1 Å². The summed E-state index contributed by atoms with van der Waals surface area (Å²) in [6, 6.07) is 13.2. The lowest BCUT2D eigenvalue weighted by atomic mass is 10.0. The van der Waals surface area contributed by atoms with E-state index < -0.39 is 29.1 Å². The first kappa shape index (κ1) is 21.2. The summed E-state index contributed by atoms with van der Waals surface area (Å²) >= 11 is 6.97. The number of halogens is 1. The number of benzene rings is 2. The molecule has 0 saturated heterocycles. The lowest BCUT2D eigenvalue weighted by Crippen LogP contribution is -2.22. The van der Waals surface area contributed by atoms with Gasteiger partial charge in [0.25, 0.3) is 11.6 Å². The number of ether oxygens (including phenoxy) is 1. The molecular formula is C20H13ClN2O6S. The third-order valence-electron chi connectivity index (χ3n) is 3.90. The van der Waals surface area contributed by atoms with E-state index in [1.165, 1.54) is 35.6 Å². The Morgan fingerprint density at radius 2 is 1.80 bits per heavy atom. The van der Waals surface area contributed by atoms with Gasteiger partial charge in [0.15, 0.2) is 6.61 Å². The number of carbonyl (C=O) groups excluding carboxylic acids is 3. The van der Waals surface area contributed by atoms with Gasteiger partial charge < -0.3 is 10.1 Å². The van der Waals surface area contributed by atoms with Crippen LogP contribution in [-0.2, 0) is 9.53 Å². The van der Waals surface area contributed by atoms with Gasteiger partial charge in [0.05, 0.1) is 15.4 Å². The Kier molecular flexibility index (Phi) is 6.55. The van der Waals surface area contributed by atoms with Crippen molar-refractivity contribution in [2.24, 2.45) is 0 Å². The number of nitrogens with zero attached hydrogens (tertiary/aromatic N) is 1. The number of nitrogens with one attached hydrogen (secondary N) is 1. The maximum absolute atomic E-state index is 12.6. The van der Waals surface area contributed by atoms with Gasteiger partial charge in [-0.05, 0) is 29.6 Å². The molecule has 0 unspecified atom stereocenters. The second-order valence-electron chi connectivity index (χ2n) is 5.89. The van der Waals surface area contributed by atoms with Crippen LogP contribution in [0.3, 0.4) is 0 Å². The molecule has 0 atom stereocenters. The van der Waals surface area contributed by atoms with E-state index in [2.05, 4.69) is 5.32 Å². The van der Waals surface area contributed by atoms with E-state index in [0.29, 0.717) is 4.88 Å². The SMILES string of the molecule is O=C(COC(=O)c1ccccc1C(=O)c1cccs1)Nc1ccc(Cl)cc1[N+](=O)[O-]. The summed E-state index contributed by atoms with van der Waals surface area (Å²) in [6.07, 6.45) is 0. The van der Waals surface area contributed by atoms with E-state index in [1.807, 2.05) is 0 Å². The molecule has 2 aromatic carbocycles. The fraction of sp³-hybridized carbons (Fsp3) is 0.0500. The number of hydrogen-bond donors (Lipinski definition) is 1. The third-order valence-corrected chi connectivity index (χ3v) is 5.01. The highest BCUT2D eigenvalue weighted by Gasteiger charge is 2.21. The number of hydrogen-bond acceptors (Lipinski definition) is 7. The van der Waals surface area contributed by atoms with Gasteiger partial charge in [-0.1, -0.05) is 35.9 Å². The molecule has 3 rings (SSSR count). The second-order valence-corrected chi connectivity index (χ2v) is 7.28. The summed E-state index contributed by atoms with van der Waals surface area (Å²) in [6.45, 7) is -0.694. The summed E-state index contributed by atoms with van der Waals surface area (Å²) in [5, 5.41) is 15.3. The molecule has 0 bridgehead atoms. The number of carbonyl (C=O) groups is 3. The summed E-state index contributed by atoms with van der Waals surface area (Å²) in [5.74, 6) is -1.98. The van der Waals surface area contributed by atoms with Gasteiger partial charge in [-0.25, -0.2) is 4.79 Å². The maximum atomic E-state index is 12.6. The molecule has 0 radical (unpaired) electrons. The fourth-order valence-electron chi connectivity index (χ4n) is 2.56. The zero-order chi connectivity index (χ0) is 21.7. The normalized spacial score (nSPS) is 10.3. The molecule has 3 aromatic rings. The number of anilines is 1. The molecule has 0 saturated carbocycles. The van der Waals surface area contributed by atoms with Crippen LogP contribution in [0.2, 0.25) is 5.02 Å². The van der Waals surface area contributed by atoms with Crippen molar-refractivity contribution in [1.82, 2.24) is 0 Å². The zero-order valence-electron chi connectivity index (χ0n) is 15.2. The van der Waals surface area contributed by atoms with Gasteiger partial charge in [-0.15, -0.1) is 11.3 Å². The predicted octanol–water partition coefficient (Wildman–Crippen LogP) is 4.34. The molecular weight excluding hydrogens is 432 g/mol. The minimum Gasteiger partial charge on any atom is -0.452 e. The first-order chi connectivity index (χ1) is 14.4. The minimum atomic E-state index is -0.865. The molecule has 0 fully saturated rings. The molecule has 1 amide bonds. The number of amides is 1. The van der Waals surface area contributed by atoms with Crippen molar-refractivity contribution < 1.29 is 24.0 Å². The molecule has 8 nitrogen and oxygen atoms in total. The highest BCUT2D eigenvalue weighted by atomic mass is 35.5. The largest absolute Gasteiger partial charge is 0.452 e. The number of thiophene rings is 1. The molecule has 1 aromatic heterocycles. The first-order valence-electron chi connectivity index (χ1n) is 8.45. The van der Waals surface area contributed by atoms with Gasteiger partial charge in [0.1, 0.15) is 5.69 Å². The predicted molar refractivity (Wildman–Crippen MR) is 111 cm³/mol. The lowest BCUT2D eigenvalue weighted by molar-refractivity contribution is -0.383.